The SMILES string of the molecule is Cc1ccc(NCc2cc(F)cc(C#N)c2)cc1F. The lowest BCUT2D eigenvalue weighted by molar-refractivity contribution is 0.618. The number of nitriles is 1. The Kier molecular flexibility index (Phi) is 3.76. The van der Waals surface area contributed by atoms with Gasteiger partial charge in [0.25, 0.3) is 0 Å². The van der Waals surface area contributed by atoms with Crippen LogP contribution in [0.1, 0.15) is 16.7 Å². The molecule has 4 heteroatoms. The van der Waals surface area contributed by atoms with Crippen molar-refractivity contribution in [3.63, 3.8) is 0 Å². The van der Waals surface area contributed by atoms with Crippen molar-refractivity contribution in [3.8, 4) is 6.07 Å². The molecule has 2 aromatic rings. The normalized spacial score (nSPS) is 10.0. The van der Waals surface area contributed by atoms with Crippen LogP contribution >= 0.6 is 0 Å². The third kappa shape index (κ3) is 3.29. The summed E-state index contributed by atoms with van der Waals surface area (Å²) in [4.78, 5) is 0. The van der Waals surface area contributed by atoms with Crippen LogP contribution in [-0.4, -0.2) is 0 Å². The van der Waals surface area contributed by atoms with Gasteiger partial charge < -0.3 is 5.32 Å². The molecule has 0 heterocycles. The minimum Gasteiger partial charge on any atom is -0.381 e. The van der Waals surface area contributed by atoms with Gasteiger partial charge in [0.15, 0.2) is 0 Å². The fourth-order valence-corrected chi connectivity index (χ4v) is 1.72. The highest BCUT2D eigenvalue weighted by atomic mass is 19.1. The second-order valence-corrected chi connectivity index (χ2v) is 4.28. The van der Waals surface area contributed by atoms with Crippen molar-refractivity contribution in [2.75, 3.05) is 5.32 Å². The number of halogens is 2. The molecule has 0 atom stereocenters. The second kappa shape index (κ2) is 5.49. The molecule has 0 aliphatic heterocycles. The Bertz CT molecular complexity index is 645. The van der Waals surface area contributed by atoms with E-state index in [-0.39, 0.29) is 11.4 Å². The Hall–Kier alpha value is -2.41. The largest absolute Gasteiger partial charge is 0.381 e. The molecule has 0 aliphatic rings. The van der Waals surface area contributed by atoms with Gasteiger partial charge in [0.2, 0.25) is 0 Å². The summed E-state index contributed by atoms with van der Waals surface area (Å²) in [7, 11) is 0. The molecule has 0 aromatic heterocycles. The molecule has 0 fully saturated rings. The Morgan fingerprint density at radius 3 is 2.63 bits per heavy atom. The van der Waals surface area contributed by atoms with E-state index in [0.29, 0.717) is 23.4 Å². The first-order valence-corrected chi connectivity index (χ1v) is 5.78. The van der Waals surface area contributed by atoms with Gasteiger partial charge in [-0.1, -0.05) is 6.07 Å². The summed E-state index contributed by atoms with van der Waals surface area (Å²) in [6.45, 7) is 2.01. The molecule has 0 bridgehead atoms. The van der Waals surface area contributed by atoms with E-state index in [1.165, 1.54) is 18.2 Å². The molecule has 0 aliphatic carbocycles. The van der Waals surface area contributed by atoms with Gasteiger partial charge in [-0.05, 0) is 48.4 Å². The molecule has 2 aromatic carbocycles. The number of anilines is 1. The van der Waals surface area contributed by atoms with Crippen LogP contribution in [0, 0.1) is 29.9 Å². The van der Waals surface area contributed by atoms with Gasteiger partial charge in [-0.15, -0.1) is 0 Å². The number of nitrogens with zero attached hydrogens (tertiary/aromatic N) is 1. The van der Waals surface area contributed by atoms with E-state index in [1.807, 2.05) is 6.07 Å². The first-order chi connectivity index (χ1) is 9.08. The Balaban J connectivity index is 2.12. The zero-order chi connectivity index (χ0) is 13.8. The van der Waals surface area contributed by atoms with Crippen LogP contribution in [0.25, 0.3) is 0 Å². The first-order valence-electron chi connectivity index (χ1n) is 5.78. The topological polar surface area (TPSA) is 35.8 Å². The zero-order valence-electron chi connectivity index (χ0n) is 10.4. The number of rotatable bonds is 3. The third-order valence-electron chi connectivity index (χ3n) is 2.76. The predicted octanol–water partition coefficient (Wildman–Crippen LogP) is 3.76. The van der Waals surface area contributed by atoms with E-state index in [9.17, 15) is 8.78 Å². The fraction of sp³-hybridized carbons (Fsp3) is 0.133. The Labute approximate surface area is 110 Å². The molecule has 0 spiro atoms. The predicted molar refractivity (Wildman–Crippen MR) is 69.6 cm³/mol. The second-order valence-electron chi connectivity index (χ2n) is 4.28. The summed E-state index contributed by atoms with van der Waals surface area (Å²) in [6.07, 6.45) is 0. The van der Waals surface area contributed by atoms with E-state index < -0.39 is 5.82 Å². The number of hydrogen-bond donors (Lipinski definition) is 1. The lowest BCUT2D eigenvalue weighted by Gasteiger charge is -2.08. The highest BCUT2D eigenvalue weighted by Gasteiger charge is 2.02. The number of hydrogen-bond acceptors (Lipinski definition) is 2. The van der Waals surface area contributed by atoms with Gasteiger partial charge in [0.05, 0.1) is 11.6 Å². The molecule has 0 amide bonds. The molecule has 0 unspecified atom stereocenters. The fourth-order valence-electron chi connectivity index (χ4n) is 1.72. The number of benzene rings is 2. The summed E-state index contributed by atoms with van der Waals surface area (Å²) >= 11 is 0. The van der Waals surface area contributed by atoms with Crippen LogP contribution in [0.5, 0.6) is 0 Å². The molecule has 0 saturated carbocycles. The lowest BCUT2D eigenvalue weighted by Crippen LogP contribution is -2.01. The van der Waals surface area contributed by atoms with Crippen LogP contribution < -0.4 is 5.32 Å². The maximum atomic E-state index is 13.3. The Morgan fingerprint density at radius 2 is 1.95 bits per heavy atom. The quantitative estimate of drug-likeness (QED) is 0.909. The van der Waals surface area contributed by atoms with Gasteiger partial charge in [-0.3, -0.25) is 0 Å². The van der Waals surface area contributed by atoms with Gasteiger partial charge in [-0.2, -0.15) is 5.26 Å². The number of aryl methyl sites for hydroxylation is 1. The standard InChI is InChI=1S/C15H12F2N2/c1-10-2-3-14(7-15(10)17)19-9-12-4-11(8-18)5-13(16)6-12/h2-7,19H,9H2,1H3. The van der Waals surface area contributed by atoms with Crippen molar-refractivity contribution in [1.29, 1.82) is 5.26 Å². The molecule has 0 saturated heterocycles. The molecular weight excluding hydrogens is 246 g/mol. The van der Waals surface area contributed by atoms with E-state index in [2.05, 4.69) is 5.32 Å². The Morgan fingerprint density at radius 1 is 1.16 bits per heavy atom. The monoisotopic (exact) mass is 258 g/mol. The van der Waals surface area contributed by atoms with Gasteiger partial charge in [0.1, 0.15) is 11.6 Å². The molecule has 2 rings (SSSR count). The average Bonchev–Trinajstić information content (AvgIpc) is 2.39. The van der Waals surface area contributed by atoms with E-state index in [4.69, 9.17) is 5.26 Å². The minimum absolute atomic E-state index is 0.270. The number of nitrogens with one attached hydrogen (secondary N) is 1. The first kappa shape index (κ1) is 13.0. The highest BCUT2D eigenvalue weighted by Crippen LogP contribution is 2.15. The molecule has 19 heavy (non-hydrogen) atoms. The maximum absolute atomic E-state index is 13.3. The third-order valence-corrected chi connectivity index (χ3v) is 2.76. The summed E-state index contributed by atoms with van der Waals surface area (Å²) in [5, 5.41) is 11.7. The van der Waals surface area contributed by atoms with Crippen LogP contribution in [-0.2, 0) is 6.54 Å². The van der Waals surface area contributed by atoms with Crippen molar-refractivity contribution in [2.45, 2.75) is 13.5 Å². The van der Waals surface area contributed by atoms with Crippen molar-refractivity contribution in [3.05, 3.63) is 64.7 Å². The maximum Gasteiger partial charge on any atom is 0.128 e. The highest BCUT2D eigenvalue weighted by molar-refractivity contribution is 5.46. The van der Waals surface area contributed by atoms with E-state index >= 15 is 0 Å². The van der Waals surface area contributed by atoms with Crippen molar-refractivity contribution >= 4 is 5.69 Å². The molecule has 0 radical (unpaired) electrons. The van der Waals surface area contributed by atoms with Crippen LogP contribution in [0.15, 0.2) is 36.4 Å². The summed E-state index contributed by atoms with van der Waals surface area (Å²) in [6, 6.07) is 10.8. The molecule has 96 valence electrons. The summed E-state index contributed by atoms with van der Waals surface area (Å²) in [5.74, 6) is -0.743. The molecule has 1 N–H and O–H groups in total. The van der Waals surface area contributed by atoms with E-state index in [1.54, 1.807) is 25.1 Å². The van der Waals surface area contributed by atoms with Crippen LogP contribution in [0.4, 0.5) is 14.5 Å². The van der Waals surface area contributed by atoms with E-state index in [0.717, 1.165) is 0 Å². The van der Waals surface area contributed by atoms with Crippen molar-refractivity contribution in [1.82, 2.24) is 0 Å². The summed E-state index contributed by atoms with van der Waals surface area (Å²) in [5.41, 5.74) is 2.10. The summed E-state index contributed by atoms with van der Waals surface area (Å²) < 4.78 is 26.6. The van der Waals surface area contributed by atoms with Gasteiger partial charge in [-0.25, -0.2) is 8.78 Å². The minimum atomic E-state index is -0.453. The molecule has 2 nitrogen and oxygen atoms in total. The average molecular weight is 258 g/mol. The lowest BCUT2D eigenvalue weighted by atomic mass is 10.1. The zero-order valence-corrected chi connectivity index (χ0v) is 10.4. The van der Waals surface area contributed by atoms with Crippen molar-refractivity contribution in [2.24, 2.45) is 0 Å². The van der Waals surface area contributed by atoms with Crippen LogP contribution in [0.3, 0.4) is 0 Å². The van der Waals surface area contributed by atoms with Crippen LogP contribution in [0.2, 0.25) is 0 Å². The van der Waals surface area contributed by atoms with Crippen molar-refractivity contribution < 1.29 is 8.78 Å². The van der Waals surface area contributed by atoms with Gasteiger partial charge in [0, 0.05) is 12.2 Å². The van der Waals surface area contributed by atoms with Gasteiger partial charge >= 0.3 is 0 Å². The molecular formula is C15H12F2N2. The smallest absolute Gasteiger partial charge is 0.128 e.